The normalized spacial score (nSPS) is 21.5. The first-order chi connectivity index (χ1) is 13.2. The van der Waals surface area contributed by atoms with Gasteiger partial charge in [-0.25, -0.2) is 0 Å². The van der Waals surface area contributed by atoms with Gasteiger partial charge in [-0.3, -0.25) is 14.8 Å². The van der Waals surface area contributed by atoms with Crippen molar-refractivity contribution in [2.24, 2.45) is 0 Å². The smallest absolute Gasteiger partial charge is 0.274 e. The molecular weight excluding hydrogens is 344 g/mol. The number of hydrogen-bond donors (Lipinski definition) is 1. The second-order valence-electron chi connectivity index (χ2n) is 7.47. The van der Waals surface area contributed by atoms with E-state index in [0.717, 1.165) is 70.1 Å². The van der Waals surface area contributed by atoms with Gasteiger partial charge in [-0.2, -0.15) is 5.10 Å². The summed E-state index contributed by atoms with van der Waals surface area (Å²) >= 11 is 0. The lowest BCUT2D eigenvalue weighted by Crippen LogP contribution is -2.46. The SMILES string of the molecule is Cc1ccc(-c2cc(C(=O)N3CCCC[C@@H]3CCN3CCOCC3)n[nH]2)o1. The lowest BCUT2D eigenvalue weighted by molar-refractivity contribution is 0.0295. The minimum atomic E-state index is 0.0208. The van der Waals surface area contributed by atoms with E-state index in [-0.39, 0.29) is 5.91 Å². The zero-order valence-electron chi connectivity index (χ0n) is 15.9. The van der Waals surface area contributed by atoms with E-state index in [4.69, 9.17) is 9.15 Å². The Morgan fingerprint density at radius 1 is 1.26 bits per heavy atom. The van der Waals surface area contributed by atoms with Crippen molar-refractivity contribution in [2.45, 2.75) is 38.6 Å². The van der Waals surface area contributed by atoms with Gasteiger partial charge in [-0.05, 0) is 44.7 Å². The summed E-state index contributed by atoms with van der Waals surface area (Å²) < 4.78 is 11.0. The lowest BCUT2D eigenvalue weighted by Gasteiger charge is -2.37. The van der Waals surface area contributed by atoms with Crippen LogP contribution in [0.25, 0.3) is 11.5 Å². The summed E-state index contributed by atoms with van der Waals surface area (Å²) in [5, 5.41) is 7.20. The van der Waals surface area contributed by atoms with Gasteiger partial charge in [0.25, 0.3) is 5.91 Å². The second-order valence-corrected chi connectivity index (χ2v) is 7.47. The summed E-state index contributed by atoms with van der Waals surface area (Å²) in [4.78, 5) is 17.6. The molecule has 2 fully saturated rings. The van der Waals surface area contributed by atoms with Gasteiger partial charge in [0.2, 0.25) is 0 Å². The highest BCUT2D eigenvalue weighted by molar-refractivity contribution is 5.93. The Kier molecular flexibility index (Phi) is 5.59. The summed E-state index contributed by atoms with van der Waals surface area (Å²) in [6.45, 7) is 7.35. The Balaban J connectivity index is 1.41. The van der Waals surface area contributed by atoms with Crippen LogP contribution < -0.4 is 0 Å². The molecule has 2 saturated heterocycles. The van der Waals surface area contributed by atoms with Gasteiger partial charge in [-0.1, -0.05) is 0 Å². The van der Waals surface area contributed by atoms with Crippen LogP contribution in [0.1, 0.15) is 41.9 Å². The van der Waals surface area contributed by atoms with Crippen LogP contribution in [0.15, 0.2) is 22.6 Å². The molecule has 0 aliphatic carbocycles. The highest BCUT2D eigenvalue weighted by atomic mass is 16.5. The van der Waals surface area contributed by atoms with Crippen LogP contribution in [0.2, 0.25) is 0 Å². The maximum absolute atomic E-state index is 13.1. The predicted molar refractivity (Wildman–Crippen MR) is 102 cm³/mol. The number of aromatic amines is 1. The van der Waals surface area contributed by atoms with Crippen LogP contribution >= 0.6 is 0 Å². The molecule has 0 unspecified atom stereocenters. The topological polar surface area (TPSA) is 74.6 Å². The molecule has 0 aromatic carbocycles. The summed E-state index contributed by atoms with van der Waals surface area (Å²) in [5.74, 6) is 1.57. The van der Waals surface area contributed by atoms with Crippen LogP contribution in [0.4, 0.5) is 0 Å². The van der Waals surface area contributed by atoms with E-state index in [0.29, 0.717) is 17.5 Å². The lowest BCUT2D eigenvalue weighted by atomic mass is 9.98. The molecule has 1 amide bonds. The molecule has 4 heterocycles. The third kappa shape index (κ3) is 4.25. The van der Waals surface area contributed by atoms with Gasteiger partial charge in [0.15, 0.2) is 11.5 Å². The van der Waals surface area contributed by atoms with Crippen molar-refractivity contribution in [1.82, 2.24) is 20.0 Å². The fourth-order valence-corrected chi connectivity index (χ4v) is 4.01. The van der Waals surface area contributed by atoms with E-state index in [1.807, 2.05) is 24.0 Å². The first-order valence-corrected chi connectivity index (χ1v) is 9.94. The van der Waals surface area contributed by atoms with E-state index < -0.39 is 0 Å². The van der Waals surface area contributed by atoms with Crippen LogP contribution in [-0.4, -0.2) is 71.3 Å². The third-order valence-electron chi connectivity index (χ3n) is 5.57. The number of likely N-dealkylation sites (tertiary alicyclic amines) is 1. The zero-order valence-corrected chi connectivity index (χ0v) is 15.9. The summed E-state index contributed by atoms with van der Waals surface area (Å²) in [6.07, 6.45) is 4.34. The Labute approximate surface area is 159 Å². The van der Waals surface area contributed by atoms with Crippen LogP contribution in [0.5, 0.6) is 0 Å². The van der Waals surface area contributed by atoms with Crippen LogP contribution in [-0.2, 0) is 4.74 Å². The van der Waals surface area contributed by atoms with E-state index >= 15 is 0 Å². The van der Waals surface area contributed by atoms with Crippen molar-refractivity contribution in [3.63, 3.8) is 0 Å². The predicted octanol–water partition coefficient (Wildman–Crippen LogP) is 2.70. The second kappa shape index (κ2) is 8.27. The molecule has 2 aliphatic rings. The molecule has 2 aliphatic heterocycles. The van der Waals surface area contributed by atoms with Gasteiger partial charge < -0.3 is 14.1 Å². The number of nitrogens with one attached hydrogen (secondary N) is 1. The van der Waals surface area contributed by atoms with Gasteiger partial charge in [0.1, 0.15) is 11.5 Å². The van der Waals surface area contributed by atoms with Gasteiger partial charge in [0, 0.05) is 38.3 Å². The molecule has 146 valence electrons. The van der Waals surface area contributed by atoms with Gasteiger partial charge >= 0.3 is 0 Å². The van der Waals surface area contributed by atoms with E-state index in [1.54, 1.807) is 6.07 Å². The van der Waals surface area contributed by atoms with Crippen molar-refractivity contribution in [3.8, 4) is 11.5 Å². The number of hydrogen-bond acceptors (Lipinski definition) is 5. The zero-order chi connectivity index (χ0) is 18.6. The molecule has 1 N–H and O–H groups in total. The first kappa shape index (κ1) is 18.3. The number of ether oxygens (including phenoxy) is 1. The molecule has 27 heavy (non-hydrogen) atoms. The molecule has 0 spiro atoms. The number of nitrogens with zero attached hydrogens (tertiary/aromatic N) is 3. The number of rotatable bonds is 5. The van der Waals surface area contributed by atoms with Crippen molar-refractivity contribution < 1.29 is 13.9 Å². The Morgan fingerprint density at radius 3 is 2.89 bits per heavy atom. The third-order valence-corrected chi connectivity index (χ3v) is 5.57. The van der Waals surface area contributed by atoms with Gasteiger partial charge in [0.05, 0.1) is 13.2 Å². The average Bonchev–Trinajstić information content (AvgIpc) is 3.36. The van der Waals surface area contributed by atoms with Crippen LogP contribution in [0, 0.1) is 6.92 Å². The number of furan rings is 1. The molecule has 4 rings (SSSR count). The maximum Gasteiger partial charge on any atom is 0.274 e. The molecule has 2 aromatic rings. The van der Waals surface area contributed by atoms with Crippen LogP contribution in [0.3, 0.4) is 0 Å². The fourth-order valence-electron chi connectivity index (χ4n) is 4.01. The number of morpholine rings is 1. The molecule has 0 radical (unpaired) electrons. The minimum Gasteiger partial charge on any atom is -0.460 e. The molecular formula is C20H28N4O3. The quantitative estimate of drug-likeness (QED) is 0.873. The average molecular weight is 372 g/mol. The Bertz CT molecular complexity index is 763. The number of aryl methyl sites for hydroxylation is 1. The molecule has 0 saturated carbocycles. The summed E-state index contributed by atoms with van der Waals surface area (Å²) in [6, 6.07) is 5.89. The van der Waals surface area contributed by atoms with E-state index in [1.165, 1.54) is 6.42 Å². The first-order valence-electron chi connectivity index (χ1n) is 9.94. The largest absolute Gasteiger partial charge is 0.460 e. The standard InChI is InChI=1S/C20H28N4O3/c1-15-5-6-19(27-15)17-14-18(22-21-17)20(25)24-8-3-2-4-16(24)7-9-23-10-12-26-13-11-23/h5-6,14,16H,2-4,7-13H2,1H3,(H,21,22)/t16-/m1/s1. The molecule has 7 nitrogen and oxygen atoms in total. The van der Waals surface area contributed by atoms with Crippen molar-refractivity contribution in [1.29, 1.82) is 0 Å². The number of piperidine rings is 1. The molecule has 1 atom stereocenters. The van der Waals surface area contributed by atoms with Crippen molar-refractivity contribution in [2.75, 3.05) is 39.4 Å². The molecule has 0 bridgehead atoms. The number of amides is 1. The molecule has 2 aromatic heterocycles. The summed E-state index contributed by atoms with van der Waals surface area (Å²) in [5.41, 5.74) is 1.21. The summed E-state index contributed by atoms with van der Waals surface area (Å²) in [7, 11) is 0. The number of aromatic nitrogens is 2. The van der Waals surface area contributed by atoms with Crippen molar-refractivity contribution in [3.05, 3.63) is 29.7 Å². The Hall–Kier alpha value is -2.12. The number of carbonyl (C=O) groups excluding carboxylic acids is 1. The minimum absolute atomic E-state index is 0.0208. The Morgan fingerprint density at radius 2 is 2.11 bits per heavy atom. The van der Waals surface area contributed by atoms with E-state index in [2.05, 4.69) is 15.1 Å². The van der Waals surface area contributed by atoms with E-state index in [9.17, 15) is 4.79 Å². The number of H-pyrrole nitrogens is 1. The highest BCUT2D eigenvalue weighted by Gasteiger charge is 2.29. The van der Waals surface area contributed by atoms with Gasteiger partial charge in [-0.15, -0.1) is 0 Å². The monoisotopic (exact) mass is 372 g/mol. The maximum atomic E-state index is 13.1. The van der Waals surface area contributed by atoms with Crippen molar-refractivity contribution >= 4 is 5.91 Å². The number of carbonyl (C=O) groups is 1. The molecule has 7 heteroatoms. The highest BCUT2D eigenvalue weighted by Crippen LogP contribution is 2.25. The fraction of sp³-hybridized carbons (Fsp3) is 0.600.